The third kappa shape index (κ3) is 5.07. The van der Waals surface area contributed by atoms with Crippen LogP contribution in [-0.2, 0) is 6.54 Å². The molecule has 92 valence electrons. The van der Waals surface area contributed by atoms with Crippen molar-refractivity contribution in [2.24, 2.45) is 21.7 Å². The first-order valence-electron chi connectivity index (χ1n) is 5.03. The van der Waals surface area contributed by atoms with Crippen molar-refractivity contribution in [3.63, 3.8) is 0 Å². The Morgan fingerprint density at radius 1 is 1.35 bits per heavy atom. The van der Waals surface area contributed by atoms with Gasteiger partial charge in [0, 0.05) is 6.54 Å². The number of benzene rings is 1. The van der Waals surface area contributed by atoms with Gasteiger partial charge in [-0.05, 0) is 43.4 Å². The fourth-order valence-electron chi connectivity index (χ4n) is 1.37. The lowest BCUT2D eigenvalue weighted by atomic mass is 10.1. The maximum atomic E-state index is 13.3. The molecule has 0 aromatic heterocycles. The normalized spacial score (nSPS) is 11.1. The summed E-state index contributed by atoms with van der Waals surface area (Å²) < 4.78 is 13.3. The van der Waals surface area contributed by atoms with Crippen molar-refractivity contribution in [2.45, 2.75) is 6.54 Å². The number of nitrogens with two attached hydrogens (primary N) is 2. The second-order valence-electron chi connectivity index (χ2n) is 3.90. The molecule has 17 heavy (non-hydrogen) atoms. The van der Waals surface area contributed by atoms with E-state index in [0.29, 0.717) is 12.1 Å². The quantitative estimate of drug-likeness (QED) is 0.454. The number of guanidine groups is 1. The maximum Gasteiger partial charge on any atom is 0.211 e. The Labute approximate surface area is 99.6 Å². The number of rotatable bonds is 4. The first-order chi connectivity index (χ1) is 7.97. The van der Waals surface area contributed by atoms with Gasteiger partial charge in [-0.25, -0.2) is 4.39 Å². The predicted molar refractivity (Wildman–Crippen MR) is 67.2 cm³/mol. The molecule has 0 aliphatic rings. The van der Waals surface area contributed by atoms with E-state index in [0.717, 1.165) is 5.56 Å². The first-order valence-corrected chi connectivity index (χ1v) is 5.03. The minimum atomic E-state index is -0.310. The monoisotopic (exact) mass is 237 g/mol. The molecule has 5 nitrogen and oxygen atoms in total. The molecule has 1 aromatic rings. The van der Waals surface area contributed by atoms with E-state index in [-0.39, 0.29) is 11.8 Å². The minimum absolute atomic E-state index is 0.133. The van der Waals surface area contributed by atoms with Crippen molar-refractivity contribution in [1.82, 2.24) is 4.90 Å². The summed E-state index contributed by atoms with van der Waals surface area (Å²) in [4.78, 5) is 1.95. The summed E-state index contributed by atoms with van der Waals surface area (Å²) in [5.41, 5.74) is 11.7. The molecule has 0 spiro atoms. The number of halogens is 1. The molecule has 0 atom stereocenters. The summed E-state index contributed by atoms with van der Waals surface area (Å²) in [5, 5.41) is 7.08. The van der Waals surface area contributed by atoms with Crippen LogP contribution in [0.2, 0.25) is 0 Å². The average molecular weight is 237 g/mol. The third-order valence-corrected chi connectivity index (χ3v) is 1.86. The zero-order chi connectivity index (χ0) is 12.8. The molecule has 0 aliphatic heterocycles. The standard InChI is InChI=1S/C11H16FN5/c1-17(2)7-9-3-8(4-10(12)5-9)6-15-16-11(13)14/h3-6H,7H2,1-2H3,(H4,13,14,16). The predicted octanol–water partition coefficient (Wildman–Crippen LogP) is 0.495. The molecule has 0 heterocycles. The Balaban J connectivity index is 2.89. The van der Waals surface area contributed by atoms with E-state index >= 15 is 0 Å². The molecule has 1 rings (SSSR count). The van der Waals surface area contributed by atoms with Gasteiger partial charge in [0.25, 0.3) is 0 Å². The van der Waals surface area contributed by atoms with Crippen molar-refractivity contribution >= 4 is 12.2 Å². The highest BCUT2D eigenvalue weighted by Gasteiger charge is 2.00. The number of hydrogen-bond donors (Lipinski definition) is 2. The van der Waals surface area contributed by atoms with Crippen LogP contribution in [0, 0.1) is 5.82 Å². The van der Waals surface area contributed by atoms with Crippen LogP contribution in [0.1, 0.15) is 11.1 Å². The summed E-state index contributed by atoms with van der Waals surface area (Å²) in [6, 6.07) is 4.68. The highest BCUT2D eigenvalue weighted by molar-refractivity contribution is 5.81. The Morgan fingerprint density at radius 3 is 2.65 bits per heavy atom. The molecule has 0 saturated carbocycles. The third-order valence-electron chi connectivity index (χ3n) is 1.86. The Kier molecular flexibility index (Phi) is 4.59. The van der Waals surface area contributed by atoms with Crippen molar-refractivity contribution in [3.05, 3.63) is 35.1 Å². The average Bonchev–Trinajstić information content (AvgIpc) is 2.14. The lowest BCUT2D eigenvalue weighted by molar-refractivity contribution is 0.401. The highest BCUT2D eigenvalue weighted by Crippen LogP contribution is 2.09. The van der Waals surface area contributed by atoms with E-state index in [2.05, 4.69) is 10.2 Å². The summed E-state index contributed by atoms with van der Waals surface area (Å²) in [7, 11) is 3.83. The minimum Gasteiger partial charge on any atom is -0.369 e. The van der Waals surface area contributed by atoms with Crippen LogP contribution in [0.3, 0.4) is 0 Å². The van der Waals surface area contributed by atoms with Gasteiger partial charge in [0.1, 0.15) is 5.82 Å². The van der Waals surface area contributed by atoms with Crippen LogP contribution in [0.4, 0.5) is 4.39 Å². The molecule has 0 unspecified atom stereocenters. The lowest BCUT2D eigenvalue weighted by Gasteiger charge is -2.10. The lowest BCUT2D eigenvalue weighted by Crippen LogP contribution is -2.21. The molecule has 0 fully saturated rings. The number of nitrogens with zero attached hydrogens (tertiary/aromatic N) is 3. The van der Waals surface area contributed by atoms with Gasteiger partial charge in [0.2, 0.25) is 5.96 Å². The highest BCUT2D eigenvalue weighted by atomic mass is 19.1. The van der Waals surface area contributed by atoms with Crippen LogP contribution in [0.5, 0.6) is 0 Å². The maximum absolute atomic E-state index is 13.3. The molecule has 6 heteroatoms. The summed E-state index contributed by atoms with van der Waals surface area (Å²) >= 11 is 0. The first kappa shape index (κ1) is 13.1. The van der Waals surface area contributed by atoms with E-state index in [4.69, 9.17) is 11.5 Å². The van der Waals surface area contributed by atoms with Gasteiger partial charge in [-0.3, -0.25) is 0 Å². The Bertz CT molecular complexity index is 435. The van der Waals surface area contributed by atoms with Gasteiger partial charge in [-0.1, -0.05) is 0 Å². The molecular weight excluding hydrogens is 221 g/mol. The molecular formula is C11H16FN5. The topological polar surface area (TPSA) is 80.0 Å². The smallest absolute Gasteiger partial charge is 0.211 e. The van der Waals surface area contributed by atoms with Gasteiger partial charge >= 0.3 is 0 Å². The van der Waals surface area contributed by atoms with Crippen molar-refractivity contribution < 1.29 is 4.39 Å². The summed E-state index contributed by atoms with van der Waals surface area (Å²) in [5.74, 6) is -0.443. The zero-order valence-electron chi connectivity index (χ0n) is 9.89. The van der Waals surface area contributed by atoms with Crippen LogP contribution in [-0.4, -0.2) is 31.2 Å². The van der Waals surface area contributed by atoms with Crippen LogP contribution in [0.25, 0.3) is 0 Å². The largest absolute Gasteiger partial charge is 0.369 e. The fraction of sp³-hybridized carbons (Fsp3) is 0.273. The molecule has 1 aromatic carbocycles. The van der Waals surface area contributed by atoms with Gasteiger partial charge in [0.05, 0.1) is 6.21 Å². The van der Waals surface area contributed by atoms with Crippen LogP contribution in [0.15, 0.2) is 28.4 Å². The molecule has 0 radical (unpaired) electrons. The second kappa shape index (κ2) is 5.95. The van der Waals surface area contributed by atoms with Crippen molar-refractivity contribution in [1.29, 1.82) is 0 Å². The van der Waals surface area contributed by atoms with E-state index in [9.17, 15) is 4.39 Å². The van der Waals surface area contributed by atoms with Crippen molar-refractivity contribution in [2.75, 3.05) is 14.1 Å². The van der Waals surface area contributed by atoms with Crippen LogP contribution < -0.4 is 11.5 Å². The fourth-order valence-corrected chi connectivity index (χ4v) is 1.37. The van der Waals surface area contributed by atoms with Gasteiger partial charge in [-0.15, -0.1) is 5.10 Å². The molecule has 4 N–H and O–H groups in total. The van der Waals surface area contributed by atoms with E-state index in [1.54, 1.807) is 0 Å². The van der Waals surface area contributed by atoms with E-state index in [1.807, 2.05) is 25.1 Å². The van der Waals surface area contributed by atoms with Gasteiger partial charge in [0.15, 0.2) is 0 Å². The SMILES string of the molecule is CN(C)Cc1cc(F)cc(C=NN=C(N)N)c1. The number of hydrogen-bond acceptors (Lipinski definition) is 3. The van der Waals surface area contributed by atoms with Gasteiger partial charge < -0.3 is 16.4 Å². The van der Waals surface area contributed by atoms with Gasteiger partial charge in [-0.2, -0.15) is 5.10 Å². The van der Waals surface area contributed by atoms with E-state index < -0.39 is 0 Å². The van der Waals surface area contributed by atoms with E-state index in [1.165, 1.54) is 18.3 Å². The van der Waals surface area contributed by atoms with Crippen LogP contribution >= 0.6 is 0 Å². The molecule has 0 saturated heterocycles. The Morgan fingerprint density at radius 2 is 2.06 bits per heavy atom. The molecule has 0 bridgehead atoms. The van der Waals surface area contributed by atoms with Crippen molar-refractivity contribution in [3.8, 4) is 0 Å². The zero-order valence-corrected chi connectivity index (χ0v) is 9.89. The Hall–Kier alpha value is -1.95. The second-order valence-corrected chi connectivity index (χ2v) is 3.90. The molecule has 0 aliphatic carbocycles. The summed E-state index contributed by atoms with van der Waals surface area (Å²) in [6.45, 7) is 0.654. The molecule has 0 amide bonds. The summed E-state index contributed by atoms with van der Waals surface area (Å²) in [6.07, 6.45) is 1.40.